The molecule has 0 aromatic carbocycles. The molecule has 47 valence electrons. The summed E-state index contributed by atoms with van der Waals surface area (Å²) < 4.78 is 0. The molecule has 0 atom stereocenters. The Balaban J connectivity index is 2.62. The molecule has 0 saturated heterocycles. The lowest BCUT2D eigenvalue weighted by atomic mass is 10.4. The molecule has 0 fully saturated rings. The first kappa shape index (κ1) is 8.02. The van der Waals surface area contributed by atoms with E-state index in [1.165, 1.54) is 0 Å². The zero-order valence-electron chi connectivity index (χ0n) is 5.14. The van der Waals surface area contributed by atoms with Gasteiger partial charge in [0.2, 0.25) is 0 Å². The molecule has 0 bridgehead atoms. The van der Waals surface area contributed by atoms with E-state index in [0.717, 1.165) is 17.9 Å². The minimum Gasteiger partial charge on any atom is -0.291 e. The molecule has 1 radical (unpaired) electrons. The fourth-order valence-corrected chi connectivity index (χ4v) is 1.03. The van der Waals surface area contributed by atoms with Gasteiger partial charge in [0.25, 0.3) is 0 Å². The average molecular weight is 131 g/mol. The predicted molar refractivity (Wildman–Crippen MR) is 37.9 cm³/mol. The quantitative estimate of drug-likeness (QED) is 0.527. The number of thioether (sulfide) groups is 1. The van der Waals surface area contributed by atoms with Gasteiger partial charge >= 0.3 is 0 Å². The maximum Gasteiger partial charge on any atom is 0.198 e. The molecule has 0 N–H and O–H groups in total. The van der Waals surface area contributed by atoms with Crippen molar-refractivity contribution in [3.63, 3.8) is 0 Å². The Morgan fingerprint density at radius 1 is 1.62 bits per heavy atom. The van der Waals surface area contributed by atoms with Crippen molar-refractivity contribution in [2.75, 3.05) is 11.5 Å². The van der Waals surface area contributed by atoms with E-state index >= 15 is 0 Å². The molecule has 8 heavy (non-hydrogen) atoms. The van der Waals surface area contributed by atoms with Gasteiger partial charge in [-0.05, 0) is 17.9 Å². The van der Waals surface area contributed by atoms with Gasteiger partial charge in [0.05, 0.1) is 0 Å². The summed E-state index contributed by atoms with van der Waals surface area (Å²) in [7, 11) is 0. The average Bonchev–Trinajstić information content (AvgIpc) is 1.81. The van der Waals surface area contributed by atoms with E-state index < -0.39 is 0 Å². The summed E-state index contributed by atoms with van der Waals surface area (Å²) in [6, 6.07) is 0. The highest BCUT2D eigenvalue weighted by atomic mass is 32.2. The number of rotatable bonds is 5. The van der Waals surface area contributed by atoms with Crippen molar-refractivity contribution < 1.29 is 4.79 Å². The normalized spacial score (nSPS) is 9.12. The molecule has 0 saturated carbocycles. The first-order valence-corrected chi connectivity index (χ1v) is 4.00. The third-order valence-electron chi connectivity index (χ3n) is 0.772. The molecule has 0 rings (SSSR count). The molecule has 2 heteroatoms. The molecule has 0 aliphatic rings. The minimum absolute atomic E-state index is 0.604. The highest BCUT2D eigenvalue weighted by Gasteiger charge is 1.84. The van der Waals surface area contributed by atoms with Crippen molar-refractivity contribution in [2.45, 2.75) is 19.8 Å². The zero-order valence-corrected chi connectivity index (χ0v) is 5.96. The predicted octanol–water partition coefficient (Wildman–Crippen LogP) is 1.63. The van der Waals surface area contributed by atoms with E-state index in [1.54, 1.807) is 0 Å². The van der Waals surface area contributed by atoms with E-state index in [-0.39, 0.29) is 0 Å². The van der Waals surface area contributed by atoms with Gasteiger partial charge in [-0.15, -0.1) is 0 Å². The Bertz CT molecular complexity index is 54.5. The van der Waals surface area contributed by atoms with E-state index in [0.29, 0.717) is 6.42 Å². The number of hydrogen-bond acceptors (Lipinski definition) is 2. The molecule has 0 aliphatic carbocycles. The van der Waals surface area contributed by atoms with Crippen LogP contribution in [0.4, 0.5) is 0 Å². The van der Waals surface area contributed by atoms with Gasteiger partial charge in [-0.25, -0.2) is 0 Å². The summed E-state index contributed by atoms with van der Waals surface area (Å²) in [5.41, 5.74) is 0. The standard InChI is InChI=1S/C6H11OS/c1-2-8-6-4-3-5-7/h2-4,6H2,1H3. The zero-order chi connectivity index (χ0) is 6.24. The molecular formula is C6H11OS. The van der Waals surface area contributed by atoms with Crippen molar-refractivity contribution in [1.29, 1.82) is 0 Å². The fourth-order valence-electron chi connectivity index (χ4n) is 0.391. The third-order valence-corrected chi connectivity index (χ3v) is 1.76. The lowest BCUT2D eigenvalue weighted by Gasteiger charge is -1.90. The lowest BCUT2D eigenvalue weighted by Crippen LogP contribution is -1.80. The van der Waals surface area contributed by atoms with Crippen LogP contribution in [-0.2, 0) is 4.79 Å². The lowest BCUT2D eigenvalue weighted by molar-refractivity contribution is 0.550. The summed E-state index contributed by atoms with van der Waals surface area (Å²) in [6.45, 7) is 2.12. The molecule has 0 aliphatic heterocycles. The van der Waals surface area contributed by atoms with Gasteiger partial charge in [0, 0.05) is 6.42 Å². The van der Waals surface area contributed by atoms with Crippen molar-refractivity contribution in [3.05, 3.63) is 0 Å². The maximum atomic E-state index is 9.63. The van der Waals surface area contributed by atoms with Crippen molar-refractivity contribution in [1.82, 2.24) is 0 Å². The van der Waals surface area contributed by atoms with Crippen molar-refractivity contribution in [3.8, 4) is 0 Å². The number of carbonyl (C=O) groups excluding carboxylic acids is 1. The monoisotopic (exact) mass is 131 g/mol. The Morgan fingerprint density at radius 3 is 2.88 bits per heavy atom. The number of unbranched alkanes of at least 4 members (excludes halogenated alkanes) is 1. The summed E-state index contributed by atoms with van der Waals surface area (Å²) in [4.78, 5) is 9.63. The van der Waals surface area contributed by atoms with Crippen LogP contribution in [0.2, 0.25) is 0 Å². The number of hydrogen-bond donors (Lipinski definition) is 0. The van der Waals surface area contributed by atoms with Crippen LogP contribution in [0.1, 0.15) is 19.8 Å². The van der Waals surface area contributed by atoms with Crippen molar-refractivity contribution >= 4 is 18.0 Å². The van der Waals surface area contributed by atoms with Crippen LogP contribution in [-0.4, -0.2) is 17.8 Å². The molecule has 1 nitrogen and oxygen atoms in total. The van der Waals surface area contributed by atoms with Crippen molar-refractivity contribution in [2.24, 2.45) is 0 Å². The summed E-state index contributed by atoms with van der Waals surface area (Å²) in [6.07, 6.45) is 3.46. The van der Waals surface area contributed by atoms with E-state index in [1.807, 2.05) is 18.0 Å². The molecule has 0 aromatic rings. The summed E-state index contributed by atoms with van der Waals surface area (Å²) in [5.74, 6) is 2.25. The van der Waals surface area contributed by atoms with Crippen LogP contribution >= 0.6 is 11.8 Å². The molecule has 0 heterocycles. The third kappa shape index (κ3) is 6.02. The second-order valence-corrected chi connectivity index (χ2v) is 2.84. The van der Waals surface area contributed by atoms with E-state index in [2.05, 4.69) is 6.92 Å². The molecule has 0 amide bonds. The molecule has 0 spiro atoms. The summed E-state index contributed by atoms with van der Waals surface area (Å²) >= 11 is 1.87. The largest absolute Gasteiger partial charge is 0.291 e. The van der Waals surface area contributed by atoms with Gasteiger partial charge in [-0.1, -0.05) is 6.92 Å². The van der Waals surface area contributed by atoms with E-state index in [4.69, 9.17) is 0 Å². The highest BCUT2D eigenvalue weighted by Crippen LogP contribution is 2.01. The van der Waals surface area contributed by atoms with E-state index in [9.17, 15) is 4.79 Å². The Kier molecular flexibility index (Phi) is 7.04. The first-order valence-electron chi connectivity index (χ1n) is 2.84. The Labute approximate surface area is 54.8 Å². The van der Waals surface area contributed by atoms with Gasteiger partial charge in [0.15, 0.2) is 6.29 Å². The Morgan fingerprint density at radius 2 is 2.38 bits per heavy atom. The molecular weight excluding hydrogens is 120 g/mol. The first-order chi connectivity index (χ1) is 3.91. The highest BCUT2D eigenvalue weighted by molar-refractivity contribution is 7.99. The molecule has 0 aromatic heterocycles. The van der Waals surface area contributed by atoms with Crippen LogP contribution in [0.3, 0.4) is 0 Å². The smallest absolute Gasteiger partial charge is 0.198 e. The van der Waals surface area contributed by atoms with Crippen LogP contribution < -0.4 is 0 Å². The second kappa shape index (κ2) is 7.02. The van der Waals surface area contributed by atoms with Crippen LogP contribution in [0.5, 0.6) is 0 Å². The summed E-state index contributed by atoms with van der Waals surface area (Å²) in [5, 5.41) is 0. The van der Waals surface area contributed by atoms with Gasteiger partial charge in [-0.3, -0.25) is 4.79 Å². The maximum absolute atomic E-state index is 9.63. The van der Waals surface area contributed by atoms with Gasteiger partial charge in [0.1, 0.15) is 0 Å². The topological polar surface area (TPSA) is 17.1 Å². The van der Waals surface area contributed by atoms with Gasteiger partial charge < -0.3 is 0 Å². The fraction of sp³-hybridized carbons (Fsp3) is 0.833. The second-order valence-electron chi connectivity index (χ2n) is 1.44. The van der Waals surface area contributed by atoms with Crippen LogP contribution in [0.15, 0.2) is 0 Å². The molecule has 0 unspecified atom stereocenters. The van der Waals surface area contributed by atoms with Crippen LogP contribution in [0.25, 0.3) is 0 Å². The Hall–Kier alpha value is 0.0200. The minimum atomic E-state index is 0.604. The SMILES string of the molecule is CCSCCC[C]=O. The van der Waals surface area contributed by atoms with Gasteiger partial charge in [-0.2, -0.15) is 11.8 Å². The van der Waals surface area contributed by atoms with Crippen LogP contribution in [0, 0.1) is 0 Å².